The van der Waals surface area contributed by atoms with Gasteiger partial charge in [-0.1, -0.05) is 170 Å². The number of fused-ring (bicyclic) bond motifs is 5. The predicted molar refractivity (Wildman–Crippen MR) is 238 cm³/mol. The molecule has 0 radical (unpaired) electrons. The van der Waals surface area contributed by atoms with Crippen LogP contribution in [0.25, 0.3) is 21.9 Å². The van der Waals surface area contributed by atoms with Crippen LogP contribution in [0.3, 0.4) is 0 Å². The van der Waals surface area contributed by atoms with Crippen LogP contribution < -0.4 is 4.90 Å². The Morgan fingerprint density at radius 1 is 0.519 bits per heavy atom. The third-order valence-electron chi connectivity index (χ3n) is 12.1. The molecule has 1 heteroatoms. The number of rotatable bonds is 23. The minimum absolute atomic E-state index is 0.00891. The molecule has 0 fully saturated rings. The minimum Gasteiger partial charge on any atom is -0.310 e. The molecule has 6 rings (SSSR count). The SMILES string of the molecule is C=CCCc1ccc(N(c2ccc(CCC=C)cc2)c2ccc3c(c2)C(CCCCCCCC)(CCCCCCCC)c2ccc4ccccc4c2-3)cc1. The second-order valence-corrected chi connectivity index (χ2v) is 15.9. The molecule has 0 spiro atoms. The van der Waals surface area contributed by atoms with Crippen LogP contribution >= 0.6 is 0 Å². The molecule has 0 saturated carbocycles. The lowest BCUT2D eigenvalue weighted by Crippen LogP contribution is -2.26. The first-order valence-corrected chi connectivity index (χ1v) is 21.5. The van der Waals surface area contributed by atoms with Crippen LogP contribution in [0.1, 0.15) is 139 Å². The summed E-state index contributed by atoms with van der Waals surface area (Å²) in [5.74, 6) is 0. The number of allylic oxidation sites excluding steroid dienone is 2. The fourth-order valence-corrected chi connectivity index (χ4v) is 9.08. The zero-order chi connectivity index (χ0) is 37.6. The second kappa shape index (κ2) is 19.8. The number of unbranched alkanes of at least 4 members (excludes halogenated alkanes) is 10. The molecular weight excluding hydrogens is 651 g/mol. The van der Waals surface area contributed by atoms with E-state index in [-0.39, 0.29) is 5.41 Å². The summed E-state index contributed by atoms with van der Waals surface area (Å²) in [4.78, 5) is 2.50. The summed E-state index contributed by atoms with van der Waals surface area (Å²) in [6, 6.07) is 40.0. The number of hydrogen-bond donors (Lipinski definition) is 0. The number of aryl methyl sites for hydroxylation is 2. The smallest absolute Gasteiger partial charge is 0.0465 e. The van der Waals surface area contributed by atoms with Gasteiger partial charge in [0.25, 0.3) is 0 Å². The lowest BCUT2D eigenvalue weighted by atomic mass is 9.70. The van der Waals surface area contributed by atoms with Crippen LogP contribution in [-0.4, -0.2) is 0 Å². The molecule has 1 aliphatic rings. The maximum atomic E-state index is 3.95. The minimum atomic E-state index is 0.00891. The maximum absolute atomic E-state index is 3.95. The average Bonchev–Trinajstić information content (AvgIpc) is 3.49. The molecule has 5 aromatic carbocycles. The van der Waals surface area contributed by atoms with Crippen molar-refractivity contribution in [3.05, 3.63) is 151 Å². The highest BCUT2D eigenvalue weighted by Crippen LogP contribution is 2.57. The Bertz CT molecular complexity index is 1860. The van der Waals surface area contributed by atoms with Gasteiger partial charge in [0, 0.05) is 22.5 Å². The Kier molecular flexibility index (Phi) is 14.4. The fourth-order valence-electron chi connectivity index (χ4n) is 9.08. The molecule has 0 aliphatic heterocycles. The zero-order valence-electron chi connectivity index (χ0n) is 33.6. The Labute approximate surface area is 328 Å². The molecule has 0 aromatic heterocycles. The number of hydrogen-bond acceptors (Lipinski definition) is 1. The molecule has 54 heavy (non-hydrogen) atoms. The van der Waals surface area contributed by atoms with Crippen molar-refractivity contribution >= 4 is 27.8 Å². The van der Waals surface area contributed by atoms with Gasteiger partial charge in [-0.2, -0.15) is 0 Å². The van der Waals surface area contributed by atoms with Gasteiger partial charge in [-0.25, -0.2) is 0 Å². The van der Waals surface area contributed by atoms with E-state index in [9.17, 15) is 0 Å². The molecule has 1 nitrogen and oxygen atoms in total. The van der Waals surface area contributed by atoms with E-state index < -0.39 is 0 Å². The van der Waals surface area contributed by atoms with Crippen LogP contribution in [-0.2, 0) is 18.3 Å². The van der Waals surface area contributed by atoms with Gasteiger partial charge < -0.3 is 4.90 Å². The normalized spacial score (nSPS) is 12.8. The van der Waals surface area contributed by atoms with E-state index in [4.69, 9.17) is 0 Å². The molecule has 0 saturated heterocycles. The van der Waals surface area contributed by atoms with Gasteiger partial charge >= 0.3 is 0 Å². The Morgan fingerprint density at radius 2 is 1.04 bits per heavy atom. The summed E-state index contributed by atoms with van der Waals surface area (Å²) in [7, 11) is 0. The van der Waals surface area contributed by atoms with E-state index in [1.165, 1.54) is 140 Å². The molecule has 1 aliphatic carbocycles. The fraction of sp³-hybridized carbons (Fsp3) is 0.396. The third-order valence-corrected chi connectivity index (χ3v) is 12.1. The topological polar surface area (TPSA) is 3.24 Å². The van der Waals surface area contributed by atoms with E-state index in [0.717, 1.165) is 25.7 Å². The molecule has 0 bridgehead atoms. The second-order valence-electron chi connectivity index (χ2n) is 15.9. The van der Waals surface area contributed by atoms with Crippen molar-refractivity contribution in [2.45, 2.75) is 135 Å². The standard InChI is InChI=1S/C53H65N/c1-5-9-13-15-17-21-39-53(40-22-18-16-14-10-6-2)50-38-31-44-25-19-20-26-48(44)52(50)49-37-36-47(41-51(49)53)54(45-32-27-42(28-33-45)23-11-7-3)46-34-29-43(30-35-46)24-12-8-4/h7-8,19-20,25-38,41H,3-6,9-18,21-24,39-40H2,1-2H3. The Balaban J connectivity index is 1.47. The molecule has 0 N–H and O–H groups in total. The van der Waals surface area contributed by atoms with Gasteiger partial charge in [0.1, 0.15) is 0 Å². The van der Waals surface area contributed by atoms with Gasteiger partial charge in [-0.3, -0.25) is 0 Å². The molecule has 0 amide bonds. The molecule has 282 valence electrons. The van der Waals surface area contributed by atoms with E-state index >= 15 is 0 Å². The van der Waals surface area contributed by atoms with Gasteiger partial charge in [0.05, 0.1) is 0 Å². The van der Waals surface area contributed by atoms with Gasteiger partial charge in [0.15, 0.2) is 0 Å². The highest BCUT2D eigenvalue weighted by Gasteiger charge is 2.43. The van der Waals surface area contributed by atoms with Gasteiger partial charge in [-0.15, -0.1) is 13.2 Å². The summed E-state index contributed by atoms with van der Waals surface area (Å²) < 4.78 is 0. The number of nitrogens with zero attached hydrogens (tertiary/aromatic N) is 1. The lowest BCUT2D eigenvalue weighted by Gasteiger charge is -2.34. The monoisotopic (exact) mass is 716 g/mol. The first-order chi connectivity index (χ1) is 26.6. The molecule has 5 aromatic rings. The van der Waals surface area contributed by atoms with Crippen LogP contribution in [0.4, 0.5) is 17.1 Å². The van der Waals surface area contributed by atoms with Gasteiger partial charge in [0.2, 0.25) is 0 Å². The largest absolute Gasteiger partial charge is 0.310 e. The molecular formula is C53H65N. The Hall–Kier alpha value is -4.36. The van der Waals surface area contributed by atoms with Crippen LogP contribution in [0.2, 0.25) is 0 Å². The van der Waals surface area contributed by atoms with Crippen molar-refractivity contribution in [3.8, 4) is 11.1 Å². The summed E-state index contributed by atoms with van der Waals surface area (Å²) in [5, 5.41) is 2.75. The highest BCUT2D eigenvalue weighted by atomic mass is 15.1. The van der Waals surface area contributed by atoms with Crippen LogP contribution in [0.5, 0.6) is 0 Å². The van der Waals surface area contributed by atoms with E-state index in [2.05, 4.69) is 135 Å². The third kappa shape index (κ3) is 9.11. The lowest BCUT2D eigenvalue weighted by molar-refractivity contribution is 0.398. The van der Waals surface area contributed by atoms with Crippen molar-refractivity contribution in [2.75, 3.05) is 4.90 Å². The number of benzene rings is 5. The maximum Gasteiger partial charge on any atom is 0.0465 e. The van der Waals surface area contributed by atoms with E-state index in [1.54, 1.807) is 11.1 Å². The first-order valence-electron chi connectivity index (χ1n) is 21.5. The molecule has 0 heterocycles. The summed E-state index contributed by atoms with van der Waals surface area (Å²) in [5.41, 5.74) is 12.4. The van der Waals surface area contributed by atoms with Crippen molar-refractivity contribution in [2.24, 2.45) is 0 Å². The predicted octanol–water partition coefficient (Wildman–Crippen LogP) is 16.3. The Morgan fingerprint density at radius 3 is 1.59 bits per heavy atom. The summed E-state index contributed by atoms with van der Waals surface area (Å²) in [6.07, 6.45) is 26.4. The zero-order valence-corrected chi connectivity index (χ0v) is 33.6. The summed E-state index contributed by atoms with van der Waals surface area (Å²) >= 11 is 0. The van der Waals surface area contributed by atoms with E-state index in [0.29, 0.717) is 0 Å². The van der Waals surface area contributed by atoms with Crippen molar-refractivity contribution in [1.29, 1.82) is 0 Å². The number of anilines is 3. The summed E-state index contributed by atoms with van der Waals surface area (Å²) in [6.45, 7) is 12.6. The highest BCUT2D eigenvalue weighted by molar-refractivity contribution is 6.03. The van der Waals surface area contributed by atoms with Crippen molar-refractivity contribution < 1.29 is 0 Å². The van der Waals surface area contributed by atoms with Gasteiger partial charge in [-0.05, 0) is 119 Å². The van der Waals surface area contributed by atoms with Crippen LogP contribution in [0, 0.1) is 0 Å². The average molecular weight is 716 g/mol. The van der Waals surface area contributed by atoms with Crippen molar-refractivity contribution in [1.82, 2.24) is 0 Å². The first kappa shape index (κ1) is 39.3. The van der Waals surface area contributed by atoms with Crippen LogP contribution in [0.15, 0.2) is 128 Å². The van der Waals surface area contributed by atoms with E-state index in [1.807, 2.05) is 12.2 Å². The van der Waals surface area contributed by atoms with Crippen molar-refractivity contribution in [3.63, 3.8) is 0 Å². The quantitative estimate of drug-likeness (QED) is 0.0481. The molecule has 0 unspecified atom stereocenters. The molecule has 0 atom stereocenters.